The van der Waals surface area contributed by atoms with Gasteiger partial charge in [0.25, 0.3) is 0 Å². The second-order valence-electron chi connectivity index (χ2n) is 7.72. The molecule has 1 N–H and O–H groups in total. The van der Waals surface area contributed by atoms with Crippen LogP contribution >= 0.6 is 12.2 Å². The van der Waals surface area contributed by atoms with Crippen LogP contribution in [0.25, 0.3) is 5.69 Å². The largest absolute Gasteiger partial charge is 0.272 e. The van der Waals surface area contributed by atoms with Crippen molar-refractivity contribution in [2.75, 3.05) is 0 Å². The minimum atomic E-state index is 0.262. The molecule has 4 aliphatic carbocycles. The first-order valence-electron chi connectivity index (χ1n) is 8.47. The van der Waals surface area contributed by atoms with E-state index >= 15 is 0 Å². The van der Waals surface area contributed by atoms with Gasteiger partial charge >= 0.3 is 0 Å². The van der Waals surface area contributed by atoms with E-state index in [1.165, 1.54) is 44.3 Å². The Morgan fingerprint density at radius 1 is 1.00 bits per heavy atom. The Hall–Kier alpha value is -1.42. The van der Waals surface area contributed by atoms with E-state index in [2.05, 4.69) is 40.0 Å². The maximum Gasteiger partial charge on any atom is 0.199 e. The van der Waals surface area contributed by atoms with E-state index in [9.17, 15) is 0 Å². The van der Waals surface area contributed by atoms with Crippen LogP contribution in [-0.4, -0.2) is 14.8 Å². The monoisotopic (exact) mass is 311 g/mol. The van der Waals surface area contributed by atoms with Gasteiger partial charge in [-0.3, -0.25) is 9.67 Å². The summed E-state index contributed by atoms with van der Waals surface area (Å²) in [4.78, 5) is 0. The first kappa shape index (κ1) is 13.1. The topological polar surface area (TPSA) is 33.6 Å². The van der Waals surface area contributed by atoms with Crippen molar-refractivity contribution in [3.05, 3.63) is 40.9 Å². The summed E-state index contributed by atoms with van der Waals surface area (Å²) in [5, 5.41) is 7.80. The van der Waals surface area contributed by atoms with Crippen molar-refractivity contribution in [3.63, 3.8) is 0 Å². The van der Waals surface area contributed by atoms with Crippen molar-refractivity contribution in [3.8, 4) is 5.69 Å². The highest BCUT2D eigenvalue weighted by Gasteiger charge is 2.53. The highest BCUT2D eigenvalue weighted by molar-refractivity contribution is 7.71. The summed E-state index contributed by atoms with van der Waals surface area (Å²) in [6.07, 6.45) is 8.30. The van der Waals surface area contributed by atoms with Crippen molar-refractivity contribution in [1.82, 2.24) is 14.8 Å². The molecule has 0 spiro atoms. The lowest BCUT2D eigenvalue weighted by atomic mass is 9.49. The standard InChI is InChI=1S/C18H21N3S/c22-17-20-19-16(21(17)15-4-2-1-3-5-15)18-9-12-6-13(10-18)8-14(7-12)11-18/h1-5,12-14H,6-11H2,(H,20,22). The maximum atomic E-state index is 5.55. The van der Waals surface area contributed by atoms with Crippen LogP contribution in [0.2, 0.25) is 0 Å². The van der Waals surface area contributed by atoms with Gasteiger partial charge in [-0.25, -0.2) is 0 Å². The predicted molar refractivity (Wildman–Crippen MR) is 88.6 cm³/mol. The van der Waals surface area contributed by atoms with Gasteiger partial charge in [-0.05, 0) is 80.6 Å². The lowest BCUT2D eigenvalue weighted by Gasteiger charge is -2.56. The van der Waals surface area contributed by atoms with Crippen LogP contribution in [0.4, 0.5) is 0 Å². The first-order valence-corrected chi connectivity index (χ1v) is 8.88. The van der Waals surface area contributed by atoms with Gasteiger partial charge in [0.05, 0.1) is 0 Å². The lowest BCUT2D eigenvalue weighted by molar-refractivity contribution is -0.0102. The number of nitrogens with one attached hydrogen (secondary N) is 1. The number of aromatic amines is 1. The number of para-hydroxylation sites is 1. The smallest absolute Gasteiger partial charge is 0.199 e. The van der Waals surface area contributed by atoms with Crippen LogP contribution in [0.3, 0.4) is 0 Å². The molecule has 0 aliphatic heterocycles. The fourth-order valence-electron chi connectivity index (χ4n) is 5.85. The van der Waals surface area contributed by atoms with Crippen LogP contribution in [-0.2, 0) is 5.41 Å². The zero-order valence-electron chi connectivity index (χ0n) is 12.7. The van der Waals surface area contributed by atoms with E-state index in [0.717, 1.165) is 28.2 Å². The van der Waals surface area contributed by atoms with Gasteiger partial charge in [-0.1, -0.05) is 18.2 Å². The van der Waals surface area contributed by atoms with E-state index in [-0.39, 0.29) is 5.41 Å². The van der Waals surface area contributed by atoms with Crippen LogP contribution < -0.4 is 0 Å². The van der Waals surface area contributed by atoms with Crippen molar-refractivity contribution >= 4 is 12.2 Å². The molecule has 0 amide bonds. The van der Waals surface area contributed by atoms with Gasteiger partial charge in [0.1, 0.15) is 5.82 Å². The van der Waals surface area contributed by atoms with Gasteiger partial charge in [0.2, 0.25) is 0 Å². The highest BCUT2D eigenvalue weighted by atomic mass is 32.1. The molecule has 6 rings (SSSR count). The third kappa shape index (κ3) is 1.79. The summed E-state index contributed by atoms with van der Waals surface area (Å²) in [5.74, 6) is 3.95. The molecule has 0 atom stereocenters. The number of nitrogens with zero attached hydrogens (tertiary/aromatic N) is 2. The second kappa shape index (κ2) is 4.54. The van der Waals surface area contributed by atoms with E-state index in [1.54, 1.807) is 0 Å². The van der Waals surface area contributed by atoms with Crippen LogP contribution in [0.1, 0.15) is 44.3 Å². The van der Waals surface area contributed by atoms with E-state index in [1.807, 2.05) is 0 Å². The second-order valence-corrected chi connectivity index (χ2v) is 8.11. The van der Waals surface area contributed by atoms with Crippen molar-refractivity contribution in [2.24, 2.45) is 17.8 Å². The molecule has 4 saturated carbocycles. The molecule has 22 heavy (non-hydrogen) atoms. The Kier molecular flexibility index (Phi) is 2.70. The molecule has 4 aliphatic rings. The zero-order valence-corrected chi connectivity index (χ0v) is 13.5. The molecule has 0 saturated heterocycles. The van der Waals surface area contributed by atoms with Gasteiger partial charge in [-0.2, -0.15) is 5.10 Å². The molecule has 4 heteroatoms. The van der Waals surface area contributed by atoms with Gasteiger partial charge in [0.15, 0.2) is 4.77 Å². The number of H-pyrrole nitrogens is 1. The van der Waals surface area contributed by atoms with E-state index < -0.39 is 0 Å². The third-order valence-electron chi connectivity index (χ3n) is 6.20. The molecular formula is C18H21N3S. The van der Waals surface area contributed by atoms with Crippen LogP contribution in [0, 0.1) is 22.5 Å². The molecule has 1 aromatic carbocycles. The summed E-state index contributed by atoms with van der Waals surface area (Å²) in [7, 11) is 0. The van der Waals surface area contributed by atoms with Crippen LogP contribution in [0.15, 0.2) is 30.3 Å². The summed E-state index contributed by atoms with van der Waals surface area (Å²) in [6.45, 7) is 0. The van der Waals surface area contributed by atoms with E-state index in [0.29, 0.717) is 0 Å². The fraction of sp³-hybridized carbons (Fsp3) is 0.556. The Labute approximate surface area is 135 Å². The molecule has 1 aromatic heterocycles. The summed E-state index contributed by atoms with van der Waals surface area (Å²) in [5.41, 5.74) is 1.41. The number of aromatic nitrogens is 3. The third-order valence-corrected chi connectivity index (χ3v) is 6.47. The minimum absolute atomic E-state index is 0.262. The van der Waals surface area contributed by atoms with Gasteiger partial charge in [0, 0.05) is 11.1 Å². The van der Waals surface area contributed by atoms with Crippen molar-refractivity contribution in [2.45, 2.75) is 43.9 Å². The number of hydrogen-bond acceptors (Lipinski definition) is 2. The normalized spacial score (nSPS) is 35.9. The maximum absolute atomic E-state index is 5.55. The number of hydrogen-bond donors (Lipinski definition) is 1. The summed E-state index contributed by atoms with van der Waals surface area (Å²) >= 11 is 5.55. The molecule has 4 bridgehead atoms. The molecular weight excluding hydrogens is 290 g/mol. The number of rotatable bonds is 2. The SMILES string of the molecule is S=c1[nH]nc(C23CC4CC(CC(C4)C2)C3)n1-c1ccccc1. The lowest BCUT2D eigenvalue weighted by Crippen LogP contribution is -2.49. The Morgan fingerprint density at radius 3 is 2.18 bits per heavy atom. The Bertz CT molecular complexity index is 723. The van der Waals surface area contributed by atoms with Gasteiger partial charge < -0.3 is 0 Å². The van der Waals surface area contributed by atoms with Crippen LogP contribution in [0.5, 0.6) is 0 Å². The zero-order chi connectivity index (χ0) is 14.7. The predicted octanol–water partition coefficient (Wildman–Crippen LogP) is 4.40. The Balaban J connectivity index is 1.66. The van der Waals surface area contributed by atoms with Gasteiger partial charge in [-0.15, -0.1) is 0 Å². The molecule has 2 aromatic rings. The molecule has 0 radical (unpaired) electrons. The summed E-state index contributed by atoms with van der Waals surface area (Å²) < 4.78 is 2.93. The fourth-order valence-corrected chi connectivity index (χ4v) is 6.09. The highest BCUT2D eigenvalue weighted by Crippen LogP contribution is 2.60. The van der Waals surface area contributed by atoms with E-state index in [4.69, 9.17) is 17.3 Å². The molecule has 114 valence electrons. The minimum Gasteiger partial charge on any atom is -0.272 e. The average Bonchev–Trinajstić information content (AvgIpc) is 2.89. The Morgan fingerprint density at radius 2 is 1.59 bits per heavy atom. The molecule has 0 unspecified atom stereocenters. The molecule has 4 fully saturated rings. The van der Waals surface area contributed by atoms with Crippen molar-refractivity contribution < 1.29 is 0 Å². The quantitative estimate of drug-likeness (QED) is 0.834. The first-order chi connectivity index (χ1) is 10.7. The average molecular weight is 311 g/mol. The molecule has 3 nitrogen and oxygen atoms in total. The van der Waals surface area contributed by atoms with Crippen molar-refractivity contribution in [1.29, 1.82) is 0 Å². The molecule has 1 heterocycles. The summed E-state index contributed by atoms with van der Waals surface area (Å²) in [6, 6.07) is 10.5. The number of benzene rings is 1.